The minimum atomic E-state index is -1.50. The summed E-state index contributed by atoms with van der Waals surface area (Å²) < 4.78 is 1.67. The number of anilines is 2. The second-order valence-electron chi connectivity index (χ2n) is 10.5. The number of fused-ring (bicyclic) bond motifs is 5. The molecule has 4 atom stereocenters. The number of ketones is 2. The first-order valence-electron chi connectivity index (χ1n) is 13.1. The van der Waals surface area contributed by atoms with Crippen molar-refractivity contribution in [3.05, 3.63) is 133 Å². The van der Waals surface area contributed by atoms with Crippen LogP contribution in [0.4, 0.5) is 11.4 Å². The molecular weight excluding hydrogens is 668 g/mol. The number of hydrogen-bond donors (Lipinski definition) is 1. The van der Waals surface area contributed by atoms with E-state index in [1.165, 1.54) is 0 Å². The first-order chi connectivity index (χ1) is 19.8. The van der Waals surface area contributed by atoms with E-state index in [1.54, 1.807) is 30.3 Å². The van der Waals surface area contributed by atoms with Crippen LogP contribution in [0.25, 0.3) is 6.08 Å². The predicted octanol–water partition coefficient (Wildman–Crippen LogP) is 7.72. The summed E-state index contributed by atoms with van der Waals surface area (Å²) in [5.74, 6) is -1.69. The van der Waals surface area contributed by atoms with E-state index in [9.17, 15) is 14.4 Å². The second-order valence-corrected chi connectivity index (χ2v) is 12.7. The molecule has 0 bridgehead atoms. The molecule has 3 aliphatic rings. The molecule has 7 rings (SSSR count). The Morgan fingerprint density at radius 2 is 1.46 bits per heavy atom. The van der Waals surface area contributed by atoms with Gasteiger partial charge in [0, 0.05) is 36.5 Å². The highest BCUT2D eigenvalue weighted by Gasteiger charge is 2.70. The molecular formula is C33H21Br2ClN2O3. The molecule has 1 unspecified atom stereocenters. The van der Waals surface area contributed by atoms with Gasteiger partial charge in [-0.15, -0.1) is 0 Å². The molecule has 1 N–H and O–H groups in total. The van der Waals surface area contributed by atoms with Crippen LogP contribution in [0.2, 0.25) is 5.02 Å². The van der Waals surface area contributed by atoms with Gasteiger partial charge in [-0.2, -0.15) is 0 Å². The number of amides is 1. The molecule has 1 spiro atoms. The van der Waals surface area contributed by atoms with E-state index in [4.69, 9.17) is 11.6 Å². The fraction of sp³-hybridized carbons (Fsp3) is 0.121. The molecule has 41 heavy (non-hydrogen) atoms. The Balaban J connectivity index is 1.54. The molecule has 1 amide bonds. The molecule has 4 aromatic rings. The number of para-hydroxylation sites is 1. The SMILES string of the molecule is O=C(c1ccc(Br)cc1)[C@@H]1C2C=Cc3cc(Cl)ccc3N2[C@H](C(=O)c2ccc(Br)cc2)[C@]12C(=O)Nc1ccccc12. The highest BCUT2D eigenvalue weighted by Crippen LogP contribution is 2.58. The van der Waals surface area contributed by atoms with Gasteiger partial charge >= 0.3 is 0 Å². The van der Waals surface area contributed by atoms with Gasteiger partial charge in [0.15, 0.2) is 11.6 Å². The molecule has 0 aliphatic carbocycles. The summed E-state index contributed by atoms with van der Waals surface area (Å²) in [5, 5.41) is 3.59. The van der Waals surface area contributed by atoms with Crippen LogP contribution in [-0.2, 0) is 10.2 Å². The number of Topliss-reactive ketones (excluding diaryl/α,β-unsaturated/α-hetero) is 2. The van der Waals surface area contributed by atoms with Crippen LogP contribution in [0.1, 0.15) is 31.8 Å². The first-order valence-corrected chi connectivity index (χ1v) is 15.0. The molecule has 4 aromatic carbocycles. The monoisotopic (exact) mass is 686 g/mol. The molecule has 0 aromatic heterocycles. The van der Waals surface area contributed by atoms with Crippen molar-refractivity contribution >= 4 is 78.4 Å². The third-order valence-corrected chi connectivity index (χ3v) is 9.68. The highest BCUT2D eigenvalue weighted by molar-refractivity contribution is 9.10. The highest BCUT2D eigenvalue weighted by atomic mass is 79.9. The van der Waals surface area contributed by atoms with Gasteiger partial charge in [0.1, 0.15) is 11.5 Å². The molecule has 5 nitrogen and oxygen atoms in total. The van der Waals surface area contributed by atoms with Crippen LogP contribution in [0.5, 0.6) is 0 Å². The number of nitrogens with one attached hydrogen (secondary N) is 1. The van der Waals surface area contributed by atoms with E-state index < -0.39 is 23.4 Å². The summed E-state index contributed by atoms with van der Waals surface area (Å²) in [4.78, 5) is 45.8. The van der Waals surface area contributed by atoms with E-state index in [-0.39, 0.29) is 17.5 Å². The van der Waals surface area contributed by atoms with Crippen molar-refractivity contribution in [2.24, 2.45) is 5.92 Å². The number of rotatable bonds is 4. The lowest BCUT2D eigenvalue weighted by atomic mass is 9.63. The third-order valence-electron chi connectivity index (χ3n) is 8.39. The minimum absolute atomic E-state index is 0.201. The molecule has 1 fully saturated rings. The summed E-state index contributed by atoms with van der Waals surface area (Å²) in [6.07, 6.45) is 3.87. The standard InChI is InChI=1S/C33H21Br2ClN2O3/c34-21-10-5-18(6-11-21)29(39)28-27-15-9-20-17-23(36)14-16-26(20)38(27)31(30(40)19-7-12-22(35)13-8-19)33(28)24-3-1-2-4-25(24)37-32(33)41/h1-17,27-28,31H,(H,37,41)/t27?,28-,31+,33+/m0/s1. The van der Waals surface area contributed by atoms with Crippen molar-refractivity contribution in [1.29, 1.82) is 0 Å². The zero-order valence-corrected chi connectivity index (χ0v) is 25.3. The van der Waals surface area contributed by atoms with Crippen molar-refractivity contribution in [3.63, 3.8) is 0 Å². The van der Waals surface area contributed by atoms with Crippen molar-refractivity contribution in [2.45, 2.75) is 17.5 Å². The van der Waals surface area contributed by atoms with Crippen molar-refractivity contribution in [1.82, 2.24) is 0 Å². The van der Waals surface area contributed by atoms with Gasteiger partial charge in [0.25, 0.3) is 0 Å². The van der Waals surface area contributed by atoms with E-state index in [2.05, 4.69) is 37.2 Å². The summed E-state index contributed by atoms with van der Waals surface area (Å²) in [5.41, 5.74) is 2.26. The normalized spacial score (nSPS) is 23.6. The Labute approximate surface area is 258 Å². The van der Waals surface area contributed by atoms with Crippen molar-refractivity contribution in [3.8, 4) is 0 Å². The molecule has 3 aliphatic heterocycles. The Hall–Kier alpha value is -3.52. The number of benzene rings is 4. The van der Waals surface area contributed by atoms with Gasteiger partial charge in [-0.05, 0) is 59.7 Å². The smallest absolute Gasteiger partial charge is 0.238 e. The van der Waals surface area contributed by atoms with Crippen LogP contribution in [0.3, 0.4) is 0 Å². The van der Waals surface area contributed by atoms with Gasteiger partial charge in [0.2, 0.25) is 5.91 Å². The largest absolute Gasteiger partial charge is 0.352 e. The summed E-state index contributed by atoms with van der Waals surface area (Å²) in [6.45, 7) is 0. The molecule has 3 heterocycles. The number of halogens is 3. The Morgan fingerprint density at radius 1 is 0.829 bits per heavy atom. The molecule has 1 saturated heterocycles. The lowest BCUT2D eigenvalue weighted by molar-refractivity contribution is -0.121. The quantitative estimate of drug-likeness (QED) is 0.223. The minimum Gasteiger partial charge on any atom is -0.352 e. The van der Waals surface area contributed by atoms with Crippen LogP contribution >= 0.6 is 43.5 Å². The Bertz CT molecular complexity index is 1790. The van der Waals surface area contributed by atoms with Crippen LogP contribution in [0, 0.1) is 5.92 Å². The van der Waals surface area contributed by atoms with Crippen molar-refractivity contribution < 1.29 is 14.4 Å². The number of nitrogens with zero attached hydrogens (tertiary/aromatic N) is 1. The van der Waals surface area contributed by atoms with Crippen molar-refractivity contribution in [2.75, 3.05) is 10.2 Å². The number of carbonyl (C=O) groups excluding carboxylic acids is 3. The zero-order chi connectivity index (χ0) is 28.5. The number of hydrogen-bond acceptors (Lipinski definition) is 4. The van der Waals surface area contributed by atoms with Gasteiger partial charge in [-0.1, -0.05) is 98.1 Å². The number of carbonyl (C=O) groups is 3. The average Bonchev–Trinajstić information content (AvgIpc) is 3.44. The lowest BCUT2D eigenvalue weighted by Gasteiger charge is -2.37. The fourth-order valence-electron chi connectivity index (χ4n) is 6.73. The van der Waals surface area contributed by atoms with Gasteiger partial charge in [-0.3, -0.25) is 14.4 Å². The fourth-order valence-corrected chi connectivity index (χ4v) is 7.44. The second kappa shape index (κ2) is 9.79. The molecule has 0 saturated carbocycles. The van der Waals surface area contributed by atoms with Crippen LogP contribution < -0.4 is 10.2 Å². The Morgan fingerprint density at radius 3 is 2.15 bits per heavy atom. The van der Waals surface area contributed by atoms with E-state index in [1.807, 2.05) is 77.7 Å². The van der Waals surface area contributed by atoms with Gasteiger partial charge in [-0.25, -0.2) is 0 Å². The average molecular weight is 689 g/mol. The summed E-state index contributed by atoms with van der Waals surface area (Å²) in [6, 6.07) is 25.5. The van der Waals surface area contributed by atoms with E-state index in [0.29, 0.717) is 27.4 Å². The van der Waals surface area contributed by atoms with Gasteiger partial charge in [0.05, 0.1) is 12.0 Å². The van der Waals surface area contributed by atoms with Gasteiger partial charge < -0.3 is 10.2 Å². The Kier molecular flexibility index (Phi) is 6.30. The lowest BCUT2D eigenvalue weighted by Crippen LogP contribution is -2.55. The zero-order valence-electron chi connectivity index (χ0n) is 21.4. The van der Waals surface area contributed by atoms with Crippen LogP contribution in [0.15, 0.2) is 106 Å². The third kappa shape index (κ3) is 3.90. The maximum atomic E-state index is 14.8. The predicted molar refractivity (Wildman–Crippen MR) is 168 cm³/mol. The van der Waals surface area contributed by atoms with Crippen LogP contribution in [-0.4, -0.2) is 29.6 Å². The first kappa shape index (κ1) is 26.4. The molecule has 0 radical (unpaired) electrons. The summed E-state index contributed by atoms with van der Waals surface area (Å²) >= 11 is 13.3. The summed E-state index contributed by atoms with van der Waals surface area (Å²) in [7, 11) is 0. The topological polar surface area (TPSA) is 66.5 Å². The molecule has 202 valence electrons. The molecule has 8 heteroatoms. The van der Waals surface area contributed by atoms with E-state index in [0.717, 1.165) is 20.2 Å². The van der Waals surface area contributed by atoms with E-state index >= 15 is 0 Å². The maximum absolute atomic E-state index is 14.8. The maximum Gasteiger partial charge on any atom is 0.238 e.